The van der Waals surface area contributed by atoms with Crippen molar-refractivity contribution in [2.75, 3.05) is 24.8 Å². The molecule has 2 amide bonds. The van der Waals surface area contributed by atoms with E-state index in [1.807, 2.05) is 25.1 Å². The predicted molar refractivity (Wildman–Crippen MR) is 139 cm³/mol. The number of anilines is 1. The monoisotopic (exact) mass is 547 g/mol. The fourth-order valence-electron chi connectivity index (χ4n) is 3.78. The Morgan fingerprint density at radius 2 is 1.92 bits per heavy atom. The fraction of sp³-hybridized carbons (Fsp3) is 0.280. The average molecular weight is 548 g/mol. The van der Waals surface area contributed by atoms with Gasteiger partial charge in [-0.05, 0) is 49.2 Å². The normalized spacial score (nSPS) is 17.2. The van der Waals surface area contributed by atoms with Crippen LogP contribution in [0.3, 0.4) is 0 Å². The second-order valence-electron chi connectivity index (χ2n) is 7.78. The molecule has 2 N–H and O–H groups in total. The van der Waals surface area contributed by atoms with E-state index in [-0.39, 0.29) is 38.1 Å². The number of allylic oxidation sites excluding steroid dienone is 1. The number of rotatable bonds is 8. The lowest BCUT2D eigenvalue weighted by Gasteiger charge is -2.31. The maximum atomic E-state index is 13.0. The van der Waals surface area contributed by atoms with Gasteiger partial charge in [-0.15, -0.1) is 0 Å². The lowest BCUT2D eigenvalue weighted by Crippen LogP contribution is -2.44. The van der Waals surface area contributed by atoms with Gasteiger partial charge in [-0.25, -0.2) is 0 Å². The van der Waals surface area contributed by atoms with Crippen molar-refractivity contribution in [3.05, 3.63) is 68.2 Å². The predicted octanol–water partition coefficient (Wildman–Crippen LogP) is 4.81. The number of benzene rings is 2. The molecule has 2 aromatic carbocycles. The van der Waals surface area contributed by atoms with Gasteiger partial charge < -0.3 is 20.1 Å². The third-order valence-electron chi connectivity index (χ3n) is 5.30. The van der Waals surface area contributed by atoms with E-state index in [1.54, 1.807) is 13.0 Å². The Bertz CT molecular complexity index is 1250. The zero-order chi connectivity index (χ0) is 26.4. The highest BCUT2D eigenvalue weighted by Gasteiger charge is 2.44. The van der Waals surface area contributed by atoms with Gasteiger partial charge in [0.2, 0.25) is 11.8 Å². The third kappa shape index (κ3) is 6.13. The highest BCUT2D eigenvalue weighted by molar-refractivity contribution is 8.03. The van der Waals surface area contributed by atoms with E-state index < -0.39 is 23.7 Å². The molecule has 0 fully saturated rings. The first-order chi connectivity index (χ1) is 17.2. The lowest BCUT2D eigenvalue weighted by atomic mass is 9.78. The number of hydrogen-bond donors (Lipinski definition) is 2. The van der Waals surface area contributed by atoms with E-state index >= 15 is 0 Å². The van der Waals surface area contributed by atoms with Crippen molar-refractivity contribution in [2.24, 2.45) is 5.92 Å². The van der Waals surface area contributed by atoms with E-state index in [0.717, 1.165) is 24.4 Å². The Hall–Kier alpha value is -3.19. The number of carbonyl (C=O) groups excluding carboxylic acids is 3. The largest absolute Gasteiger partial charge is 0.491 e. The fourth-order valence-corrected chi connectivity index (χ4v) is 5.24. The maximum Gasteiger partial charge on any atom is 0.319 e. The van der Waals surface area contributed by atoms with E-state index in [9.17, 15) is 19.6 Å². The first-order valence-corrected chi connectivity index (χ1v) is 12.6. The molecule has 1 heterocycles. The van der Waals surface area contributed by atoms with Crippen LogP contribution < -0.4 is 15.4 Å². The summed E-state index contributed by atoms with van der Waals surface area (Å²) in [6.07, 6.45) is 0. The summed E-state index contributed by atoms with van der Waals surface area (Å²) < 4.78 is 10.3. The Balaban J connectivity index is 1.97. The van der Waals surface area contributed by atoms with Crippen LogP contribution in [0.1, 0.15) is 24.0 Å². The molecule has 188 valence electrons. The van der Waals surface area contributed by atoms with Crippen LogP contribution in [0.4, 0.5) is 5.69 Å². The van der Waals surface area contributed by atoms with Crippen LogP contribution in [0.2, 0.25) is 10.0 Å². The topological polar surface area (TPSA) is 118 Å². The number of nitrogens with zero attached hydrogens (tertiary/aromatic N) is 1. The number of amides is 2. The zero-order valence-electron chi connectivity index (χ0n) is 19.7. The van der Waals surface area contributed by atoms with E-state index in [1.165, 1.54) is 12.1 Å². The van der Waals surface area contributed by atoms with Crippen LogP contribution in [0, 0.1) is 24.2 Å². The quantitative estimate of drug-likeness (QED) is 0.359. The van der Waals surface area contributed by atoms with Crippen LogP contribution in [0.5, 0.6) is 5.75 Å². The first kappa shape index (κ1) is 27.4. The molecule has 0 saturated heterocycles. The van der Waals surface area contributed by atoms with Crippen LogP contribution in [0.25, 0.3) is 0 Å². The Labute approximate surface area is 222 Å². The molecule has 11 heteroatoms. The number of nitrogens with one attached hydrogen (secondary N) is 2. The summed E-state index contributed by atoms with van der Waals surface area (Å²) in [5, 5.41) is 15.9. The van der Waals surface area contributed by atoms with Gasteiger partial charge in [0.25, 0.3) is 0 Å². The number of hydrogen-bond acceptors (Lipinski definition) is 7. The molecule has 36 heavy (non-hydrogen) atoms. The number of esters is 1. The number of halogens is 2. The number of aryl methyl sites for hydroxylation is 1. The van der Waals surface area contributed by atoms with E-state index in [0.29, 0.717) is 17.9 Å². The Morgan fingerprint density at radius 1 is 1.22 bits per heavy atom. The summed E-state index contributed by atoms with van der Waals surface area (Å²) in [6.45, 7) is 4.00. The smallest absolute Gasteiger partial charge is 0.319 e. The SMILES string of the molecule is CCOc1c(Cl)cc([C@@H]2C(C#N)=C(SCC(=O)Nc3cccc(C)c3)NC(=O)[C@@H]2C(=O)OC)cc1Cl. The van der Waals surface area contributed by atoms with Crippen LogP contribution >= 0.6 is 35.0 Å². The molecule has 0 radical (unpaired) electrons. The summed E-state index contributed by atoms with van der Waals surface area (Å²) in [7, 11) is 1.15. The lowest BCUT2D eigenvalue weighted by molar-refractivity contribution is -0.150. The van der Waals surface area contributed by atoms with E-state index in [4.69, 9.17) is 32.7 Å². The van der Waals surface area contributed by atoms with Crippen molar-refractivity contribution in [2.45, 2.75) is 19.8 Å². The Morgan fingerprint density at radius 3 is 2.50 bits per heavy atom. The molecule has 2 atom stereocenters. The van der Waals surface area contributed by atoms with Gasteiger partial charge in [0, 0.05) is 11.6 Å². The van der Waals surface area contributed by atoms with Gasteiger partial charge in [0.15, 0.2) is 5.75 Å². The minimum absolute atomic E-state index is 0.0784. The summed E-state index contributed by atoms with van der Waals surface area (Å²) in [6, 6.07) is 12.4. The van der Waals surface area contributed by atoms with Crippen LogP contribution in [-0.4, -0.2) is 37.3 Å². The minimum atomic E-state index is -1.36. The first-order valence-electron chi connectivity index (χ1n) is 10.8. The number of thioether (sulfide) groups is 1. The number of nitriles is 1. The van der Waals surface area contributed by atoms with Gasteiger partial charge >= 0.3 is 5.97 Å². The molecule has 0 aromatic heterocycles. The van der Waals surface area contributed by atoms with E-state index in [2.05, 4.69) is 16.7 Å². The molecule has 1 aliphatic rings. The molecule has 0 unspecified atom stereocenters. The molecule has 0 spiro atoms. The highest BCUT2D eigenvalue weighted by atomic mass is 35.5. The zero-order valence-corrected chi connectivity index (χ0v) is 22.0. The third-order valence-corrected chi connectivity index (χ3v) is 6.88. The Kier molecular flexibility index (Phi) is 9.26. The number of carbonyl (C=O) groups is 3. The minimum Gasteiger partial charge on any atom is -0.491 e. The summed E-state index contributed by atoms with van der Waals surface area (Å²) in [5.74, 6) is -4.06. The number of methoxy groups -OCH3 is 1. The molecule has 1 aliphatic heterocycles. The maximum absolute atomic E-state index is 13.0. The van der Waals surface area contributed by atoms with Crippen molar-refractivity contribution in [3.8, 4) is 11.8 Å². The van der Waals surface area contributed by atoms with Gasteiger partial charge in [-0.2, -0.15) is 5.26 Å². The van der Waals surface area contributed by atoms with Crippen molar-refractivity contribution >= 4 is 58.4 Å². The molecule has 3 rings (SSSR count). The summed E-state index contributed by atoms with van der Waals surface area (Å²) in [5.41, 5.74) is 2.05. The van der Waals surface area contributed by atoms with Gasteiger partial charge in [0.1, 0.15) is 5.92 Å². The van der Waals surface area contributed by atoms with Crippen molar-refractivity contribution in [3.63, 3.8) is 0 Å². The van der Waals surface area contributed by atoms with Crippen LogP contribution in [0.15, 0.2) is 47.0 Å². The van der Waals surface area contributed by atoms with Crippen molar-refractivity contribution < 1.29 is 23.9 Å². The molecule has 2 aromatic rings. The van der Waals surface area contributed by atoms with Gasteiger partial charge in [-0.1, -0.05) is 47.1 Å². The molecule has 0 aliphatic carbocycles. The molecule has 8 nitrogen and oxygen atoms in total. The average Bonchev–Trinajstić information content (AvgIpc) is 2.83. The molecular formula is C25H23Cl2N3O5S. The molecular weight excluding hydrogens is 525 g/mol. The summed E-state index contributed by atoms with van der Waals surface area (Å²) >= 11 is 13.7. The van der Waals surface area contributed by atoms with Crippen molar-refractivity contribution in [1.82, 2.24) is 5.32 Å². The van der Waals surface area contributed by atoms with Crippen LogP contribution in [-0.2, 0) is 19.1 Å². The van der Waals surface area contributed by atoms with Crippen molar-refractivity contribution in [1.29, 1.82) is 5.26 Å². The molecule has 0 saturated carbocycles. The standard InChI is InChI=1S/C25H23Cl2N3O5S/c1-4-35-22-17(26)9-14(10-18(22)27)20-16(11-28)24(30-23(32)21(20)25(33)34-3)36-12-19(31)29-15-7-5-6-13(2)8-15/h5-10,20-21H,4,12H2,1-3H3,(H,29,31)(H,30,32)/t20-,21-/m1/s1. The second-order valence-corrected chi connectivity index (χ2v) is 9.58. The van der Waals surface area contributed by atoms with Gasteiger partial charge in [0.05, 0.1) is 46.2 Å². The van der Waals surface area contributed by atoms with Gasteiger partial charge in [-0.3, -0.25) is 14.4 Å². The highest BCUT2D eigenvalue weighted by Crippen LogP contribution is 2.44. The molecule has 0 bridgehead atoms. The number of ether oxygens (including phenoxy) is 2. The second kappa shape index (κ2) is 12.2. The summed E-state index contributed by atoms with van der Waals surface area (Å²) in [4.78, 5) is 38.1.